The van der Waals surface area contributed by atoms with Crippen LogP contribution in [-0.2, 0) is 37.7 Å². The number of H-pyrrole nitrogens is 2. The van der Waals surface area contributed by atoms with Gasteiger partial charge in [-0.05, 0) is 201 Å². The molecule has 3 amide bonds. The maximum absolute atomic E-state index is 14.1. The zero-order valence-electron chi connectivity index (χ0n) is 72.6. The highest BCUT2D eigenvalue weighted by atomic mass is 35.5. The van der Waals surface area contributed by atoms with Crippen molar-refractivity contribution in [1.29, 1.82) is 0 Å². The molecule has 0 spiro atoms. The number of piperazine rings is 2. The minimum absolute atomic E-state index is 0.0219. The number of anilines is 2. The van der Waals surface area contributed by atoms with Crippen LogP contribution in [0.2, 0.25) is 10.0 Å². The van der Waals surface area contributed by atoms with E-state index in [0.29, 0.717) is 60.4 Å². The van der Waals surface area contributed by atoms with Crippen LogP contribution in [0.4, 0.5) is 22.7 Å². The maximum atomic E-state index is 14.1. The lowest BCUT2D eigenvalue weighted by atomic mass is 9.72. The Morgan fingerprint density at radius 3 is 1.45 bits per heavy atom. The average Bonchev–Trinajstić information content (AvgIpc) is 0.892. The number of nitro benzene ring substituents is 2. The molecule has 672 valence electrons. The number of hydrogen-bond donors (Lipinski definition) is 5. The molecular formula is C95H106Cl2N14O15S2. The second-order valence-electron chi connectivity index (χ2n) is 36.4. The first kappa shape index (κ1) is 89.9. The Morgan fingerprint density at radius 2 is 1.02 bits per heavy atom. The van der Waals surface area contributed by atoms with Crippen LogP contribution >= 0.6 is 23.2 Å². The van der Waals surface area contributed by atoms with Crippen molar-refractivity contribution in [3.63, 3.8) is 0 Å². The molecule has 7 aliphatic rings. The van der Waals surface area contributed by atoms with Crippen molar-refractivity contribution in [1.82, 2.24) is 49.4 Å². The quantitative estimate of drug-likeness (QED) is 0.0262. The standard InChI is InChI=1S/C50H58ClN7O7S.C45H48ClN7O8S/c1-33-5-4-17-55(30-33)18-14-34-23-43-45(58(60)61)26-41(27-46(43)64-32-34)66(62,63)54-49(59)42-11-10-39(25-47(42)65-40-24-36-13-16-52-48(36)53-29-40)57-21-19-56(20-22-57)31-37-12-15-50(2,3)28-44(37)35-6-8-38(51)9-7-35;1-28(54)48-24-29-18-38-40(53(56)57)21-36(22-41(38)60-27-29)62(58,59)50-44(55)37-9-8-34(20-42(37)61-35-19-31-11-13-47-43(31)49-25-35)52-16-14-51(15-17-52)26-32-10-12-45(2,3)23-39(32)30-4-6-33(46)7-5-30/h6-11,13,16,24-27,29,33-34H,4-5,12,14-15,17-23,28,30-32H2,1-3H3,(H,52,53)(H,54,59);4-9,11,13,19-22,25,29H,10,12,14-18,23-24,26-27H2,1-3H3,(H,47,49)(H,48,54)(H,50,55)/t33-,34+;29-/m00/s1. The molecule has 33 heteroatoms. The largest absolute Gasteiger partial charge is 0.493 e. The van der Waals surface area contributed by atoms with E-state index in [4.69, 9.17) is 42.1 Å². The summed E-state index contributed by atoms with van der Waals surface area (Å²) >= 11 is 12.5. The van der Waals surface area contributed by atoms with Gasteiger partial charge in [-0.2, -0.15) is 0 Å². The molecule has 17 rings (SSSR count). The maximum Gasteiger partial charge on any atom is 0.277 e. The molecule has 0 radical (unpaired) electrons. The molecule has 5 aliphatic heterocycles. The zero-order chi connectivity index (χ0) is 89.9. The van der Waals surface area contributed by atoms with Crippen molar-refractivity contribution in [3.05, 3.63) is 233 Å². The van der Waals surface area contributed by atoms with E-state index in [0.717, 1.165) is 168 Å². The second-order valence-corrected chi connectivity index (χ2v) is 40.6. The van der Waals surface area contributed by atoms with Gasteiger partial charge in [0, 0.05) is 172 Å². The van der Waals surface area contributed by atoms with Gasteiger partial charge in [0.05, 0.1) is 67.5 Å². The molecule has 4 aromatic heterocycles. The lowest BCUT2D eigenvalue weighted by Gasteiger charge is -2.39. The Morgan fingerprint density at radius 1 is 0.570 bits per heavy atom. The summed E-state index contributed by atoms with van der Waals surface area (Å²) in [5, 5.41) is 30.3. The molecule has 3 atom stereocenters. The summed E-state index contributed by atoms with van der Waals surface area (Å²) in [7, 11) is -9.28. The molecule has 3 saturated heterocycles. The van der Waals surface area contributed by atoms with Crippen molar-refractivity contribution < 1.29 is 60.0 Å². The predicted molar refractivity (Wildman–Crippen MR) is 494 cm³/mol. The fourth-order valence-corrected chi connectivity index (χ4v) is 20.8. The van der Waals surface area contributed by atoms with E-state index in [2.05, 4.69) is 118 Å². The number of nitrogens with zero attached hydrogens (tertiary/aromatic N) is 9. The zero-order valence-corrected chi connectivity index (χ0v) is 75.7. The van der Waals surface area contributed by atoms with Gasteiger partial charge in [-0.3, -0.25) is 44.4 Å². The molecule has 5 N–H and O–H groups in total. The van der Waals surface area contributed by atoms with Crippen LogP contribution in [0.3, 0.4) is 0 Å². The van der Waals surface area contributed by atoms with Gasteiger partial charge in [-0.1, -0.05) is 93.2 Å². The number of rotatable bonds is 25. The highest BCUT2D eigenvalue weighted by molar-refractivity contribution is 7.90. The van der Waals surface area contributed by atoms with Gasteiger partial charge in [0.1, 0.15) is 45.8 Å². The molecule has 0 unspecified atom stereocenters. The number of halogens is 2. The number of benzene rings is 6. The third-order valence-electron chi connectivity index (χ3n) is 25.6. The Kier molecular flexibility index (Phi) is 26.7. The number of pyridine rings is 2. The van der Waals surface area contributed by atoms with Crippen molar-refractivity contribution >= 4 is 117 Å². The monoisotopic (exact) mass is 1820 g/mol. The van der Waals surface area contributed by atoms with E-state index in [1.165, 1.54) is 77.4 Å². The van der Waals surface area contributed by atoms with Crippen molar-refractivity contribution in [2.75, 3.05) is 115 Å². The fraction of sp³-hybridized carbons (Fsp3) is 0.400. The van der Waals surface area contributed by atoms with Gasteiger partial charge in [-0.25, -0.2) is 36.2 Å². The topological polar surface area (TPSA) is 352 Å². The third kappa shape index (κ3) is 21.4. The van der Waals surface area contributed by atoms with Crippen molar-refractivity contribution in [2.24, 2.45) is 28.6 Å². The first-order chi connectivity index (χ1) is 61.3. The van der Waals surface area contributed by atoms with E-state index < -0.39 is 57.2 Å². The van der Waals surface area contributed by atoms with Gasteiger partial charge in [0.25, 0.3) is 43.2 Å². The number of carbonyl (C=O) groups is 3. The molecule has 10 aromatic rings. The second kappa shape index (κ2) is 38.1. The minimum atomic E-state index is -4.66. The summed E-state index contributed by atoms with van der Waals surface area (Å²) in [4.78, 5) is 88.7. The SMILES string of the molecule is CC(=O)NC[C@H]1COc2cc(S(=O)(=O)NC(=O)c3ccc(N4CCN(CC5=C(c6ccc(Cl)cc6)CC(C)(C)CC5)CC4)cc3Oc3cnc4[nH]ccc4c3)cc([N+](=O)[O-])c2C1.C[C@H]1CCCN(CC[C@H]2COc3cc(S(=O)(=O)NC(=O)c4ccc(N5CCN(CC6=C(c7ccc(Cl)cc7)CC(C)(C)CC6)CC5)cc4Oc4cnc5[nH]ccc5c4)cc([N+](=O)[O-])c3C2)C1. The summed E-state index contributed by atoms with van der Waals surface area (Å²) in [5.74, 6) is -0.685. The number of sulfonamides is 2. The number of amides is 3. The van der Waals surface area contributed by atoms with E-state index in [1.807, 2.05) is 36.4 Å². The predicted octanol–water partition coefficient (Wildman–Crippen LogP) is 17.0. The summed E-state index contributed by atoms with van der Waals surface area (Å²) in [6.07, 6.45) is 16.7. The molecule has 0 bridgehead atoms. The minimum Gasteiger partial charge on any atom is -0.493 e. The number of piperidine rings is 1. The lowest BCUT2D eigenvalue weighted by molar-refractivity contribution is -0.386. The summed E-state index contributed by atoms with van der Waals surface area (Å²) in [6.45, 7) is 24.4. The number of nitrogens with one attached hydrogen (secondary N) is 5. The van der Waals surface area contributed by atoms with Gasteiger partial charge >= 0.3 is 0 Å². The van der Waals surface area contributed by atoms with Gasteiger partial charge < -0.3 is 48.9 Å². The lowest BCUT2D eigenvalue weighted by Crippen LogP contribution is -2.47. The van der Waals surface area contributed by atoms with Crippen molar-refractivity contribution in [3.8, 4) is 34.5 Å². The number of aromatic nitrogens is 4. The Hall–Kier alpha value is -11.5. The first-order valence-electron chi connectivity index (χ1n) is 43.6. The van der Waals surface area contributed by atoms with E-state index in [1.54, 1.807) is 54.9 Å². The van der Waals surface area contributed by atoms with E-state index in [-0.39, 0.29) is 93.5 Å². The van der Waals surface area contributed by atoms with Crippen LogP contribution in [0.15, 0.2) is 179 Å². The highest BCUT2D eigenvalue weighted by Gasteiger charge is 2.38. The van der Waals surface area contributed by atoms with Gasteiger partial charge in [0.15, 0.2) is 0 Å². The fourth-order valence-electron chi connectivity index (χ4n) is 18.5. The van der Waals surface area contributed by atoms with Crippen LogP contribution < -0.4 is 43.5 Å². The van der Waals surface area contributed by atoms with Crippen LogP contribution in [0.5, 0.6) is 34.5 Å². The number of likely N-dealkylation sites (tertiary alicyclic amines) is 1. The average molecular weight is 1820 g/mol. The first-order valence-corrected chi connectivity index (χ1v) is 47.4. The molecule has 2 aliphatic carbocycles. The normalized spacial score (nSPS) is 19.2. The number of hydrogen-bond acceptors (Lipinski definition) is 22. The van der Waals surface area contributed by atoms with E-state index in [9.17, 15) is 51.4 Å². The number of ether oxygens (including phenoxy) is 4. The number of nitro groups is 2. The Labute approximate surface area is 754 Å². The molecule has 6 aromatic carbocycles. The smallest absolute Gasteiger partial charge is 0.277 e. The summed E-state index contributed by atoms with van der Waals surface area (Å²) in [6, 6.07) is 38.1. The van der Waals surface area contributed by atoms with E-state index >= 15 is 0 Å². The van der Waals surface area contributed by atoms with Gasteiger partial charge in [0.2, 0.25) is 5.91 Å². The van der Waals surface area contributed by atoms with Gasteiger partial charge in [-0.15, -0.1) is 0 Å². The van der Waals surface area contributed by atoms with Crippen molar-refractivity contribution in [2.45, 2.75) is 122 Å². The Balaban J connectivity index is 0.000000188. The molecular weight excluding hydrogens is 1710 g/mol. The number of aromatic amines is 2. The molecule has 3 fully saturated rings. The number of carbonyl (C=O) groups excluding carboxylic acids is 3. The molecule has 9 heterocycles. The van der Waals surface area contributed by atoms with Crippen LogP contribution in [-0.4, -0.2) is 184 Å². The van der Waals surface area contributed by atoms with Crippen LogP contribution in [0.25, 0.3) is 33.2 Å². The molecule has 128 heavy (non-hydrogen) atoms. The molecule has 0 saturated carbocycles. The summed E-state index contributed by atoms with van der Waals surface area (Å²) < 4.78 is 84.3. The number of allylic oxidation sites excluding steroid dienone is 2. The number of fused-ring (bicyclic) bond motifs is 4. The molecule has 29 nitrogen and oxygen atoms in total. The van der Waals surface area contributed by atoms with Crippen LogP contribution in [0.1, 0.15) is 142 Å². The van der Waals surface area contributed by atoms with Crippen LogP contribution in [0, 0.1) is 48.8 Å². The third-order valence-corrected chi connectivity index (χ3v) is 28.8. The Bertz CT molecular complexity index is 6200. The summed E-state index contributed by atoms with van der Waals surface area (Å²) in [5.41, 5.74) is 11.2. The highest BCUT2D eigenvalue weighted by Crippen LogP contribution is 2.47.